The molecule has 146 valence electrons. The first-order valence-electron chi connectivity index (χ1n) is 9.38. The van der Waals surface area contributed by atoms with Crippen molar-refractivity contribution in [3.05, 3.63) is 60.4 Å². The van der Waals surface area contributed by atoms with Gasteiger partial charge in [0.15, 0.2) is 15.7 Å². The van der Waals surface area contributed by atoms with E-state index in [9.17, 15) is 8.42 Å². The standard InChI is InChI=1S/C20H23N5O2S/c1-28(26,27)19-12-10-18(11-13-19)25-20(21-22-23-25)15-24(14-16-6-5-7-16)17-8-3-2-4-9-17/h2-4,8-13,16H,5-7,14-15H2,1H3. The quantitative estimate of drug-likeness (QED) is 0.610. The molecule has 4 rings (SSSR count). The molecule has 1 aromatic heterocycles. The van der Waals surface area contributed by atoms with Crippen LogP contribution >= 0.6 is 0 Å². The summed E-state index contributed by atoms with van der Waals surface area (Å²) in [6.07, 6.45) is 5.03. The second-order valence-corrected chi connectivity index (χ2v) is 9.30. The maximum Gasteiger partial charge on any atom is 0.175 e. The van der Waals surface area contributed by atoms with Crippen LogP contribution in [-0.2, 0) is 16.4 Å². The minimum Gasteiger partial charge on any atom is -0.364 e. The fourth-order valence-electron chi connectivity index (χ4n) is 3.40. The lowest BCUT2D eigenvalue weighted by Gasteiger charge is -2.33. The lowest BCUT2D eigenvalue weighted by molar-refractivity contribution is 0.316. The highest BCUT2D eigenvalue weighted by Crippen LogP contribution is 2.29. The Kier molecular flexibility index (Phi) is 5.13. The average molecular weight is 398 g/mol. The molecule has 1 heterocycles. The molecule has 0 bridgehead atoms. The Hall–Kier alpha value is -2.74. The van der Waals surface area contributed by atoms with Crippen LogP contribution in [0.1, 0.15) is 25.1 Å². The summed E-state index contributed by atoms with van der Waals surface area (Å²) in [6, 6.07) is 16.9. The zero-order valence-corrected chi connectivity index (χ0v) is 16.6. The van der Waals surface area contributed by atoms with Gasteiger partial charge >= 0.3 is 0 Å². The minimum absolute atomic E-state index is 0.279. The number of nitrogens with zero attached hydrogens (tertiary/aromatic N) is 5. The second kappa shape index (κ2) is 7.71. The molecule has 8 heteroatoms. The minimum atomic E-state index is -3.23. The third-order valence-electron chi connectivity index (χ3n) is 5.20. The van der Waals surface area contributed by atoms with E-state index in [2.05, 4.69) is 32.6 Å². The third kappa shape index (κ3) is 4.06. The summed E-state index contributed by atoms with van der Waals surface area (Å²) in [5, 5.41) is 12.2. The summed E-state index contributed by atoms with van der Waals surface area (Å²) >= 11 is 0. The molecule has 28 heavy (non-hydrogen) atoms. The van der Waals surface area contributed by atoms with Crippen molar-refractivity contribution in [2.75, 3.05) is 17.7 Å². The average Bonchev–Trinajstić information content (AvgIpc) is 3.12. The number of hydrogen-bond donors (Lipinski definition) is 0. The van der Waals surface area contributed by atoms with Gasteiger partial charge in [-0.15, -0.1) is 5.10 Å². The molecule has 0 aliphatic heterocycles. The van der Waals surface area contributed by atoms with Gasteiger partial charge in [-0.05, 0) is 65.6 Å². The second-order valence-electron chi connectivity index (χ2n) is 7.29. The summed E-state index contributed by atoms with van der Waals surface area (Å²) < 4.78 is 25.0. The van der Waals surface area contributed by atoms with Gasteiger partial charge in [0.1, 0.15) is 0 Å². The van der Waals surface area contributed by atoms with Crippen LogP contribution in [0.5, 0.6) is 0 Å². The van der Waals surface area contributed by atoms with E-state index in [1.165, 1.54) is 25.5 Å². The van der Waals surface area contributed by atoms with Gasteiger partial charge in [0, 0.05) is 18.5 Å². The molecule has 1 aliphatic carbocycles. The molecule has 7 nitrogen and oxygen atoms in total. The van der Waals surface area contributed by atoms with E-state index >= 15 is 0 Å². The van der Waals surface area contributed by atoms with Crippen molar-refractivity contribution in [3.8, 4) is 5.69 Å². The molecule has 3 aromatic rings. The fraction of sp³-hybridized carbons (Fsp3) is 0.350. The zero-order chi connectivity index (χ0) is 19.6. The highest BCUT2D eigenvalue weighted by Gasteiger charge is 2.23. The van der Waals surface area contributed by atoms with Gasteiger partial charge < -0.3 is 4.90 Å². The Morgan fingerprint density at radius 2 is 1.79 bits per heavy atom. The van der Waals surface area contributed by atoms with Crippen LogP contribution in [0, 0.1) is 5.92 Å². The molecule has 1 aliphatic rings. The summed E-state index contributed by atoms with van der Waals surface area (Å²) in [6.45, 7) is 1.56. The predicted octanol–water partition coefficient (Wildman–Crippen LogP) is 2.87. The summed E-state index contributed by atoms with van der Waals surface area (Å²) in [4.78, 5) is 2.60. The van der Waals surface area contributed by atoms with Gasteiger partial charge in [-0.2, -0.15) is 4.68 Å². The molecule has 0 unspecified atom stereocenters. The van der Waals surface area contributed by atoms with Crippen LogP contribution in [0.15, 0.2) is 59.5 Å². The molecule has 0 atom stereocenters. The van der Waals surface area contributed by atoms with Crippen LogP contribution < -0.4 is 4.90 Å². The van der Waals surface area contributed by atoms with Crippen molar-refractivity contribution in [1.82, 2.24) is 20.2 Å². The number of rotatable bonds is 7. The lowest BCUT2D eigenvalue weighted by Crippen LogP contribution is -2.33. The molecular formula is C20H23N5O2S. The summed E-state index contributed by atoms with van der Waals surface area (Å²) in [5.74, 6) is 1.42. The van der Waals surface area contributed by atoms with E-state index in [0.29, 0.717) is 12.5 Å². The number of benzene rings is 2. The molecule has 2 aromatic carbocycles. The Balaban J connectivity index is 1.60. The summed E-state index contributed by atoms with van der Waals surface area (Å²) in [7, 11) is -3.23. The molecule has 1 saturated carbocycles. The van der Waals surface area contributed by atoms with Gasteiger partial charge in [-0.3, -0.25) is 0 Å². The van der Waals surface area contributed by atoms with Crippen molar-refractivity contribution >= 4 is 15.5 Å². The fourth-order valence-corrected chi connectivity index (χ4v) is 4.03. The molecule has 0 spiro atoms. The Bertz CT molecular complexity index is 1030. The van der Waals surface area contributed by atoms with E-state index in [-0.39, 0.29) is 4.90 Å². The summed E-state index contributed by atoms with van der Waals surface area (Å²) in [5.41, 5.74) is 1.89. The maximum atomic E-state index is 11.7. The van der Waals surface area contributed by atoms with Gasteiger partial charge in [-0.25, -0.2) is 8.42 Å². The molecular weight excluding hydrogens is 374 g/mol. The van der Waals surface area contributed by atoms with Crippen molar-refractivity contribution in [2.45, 2.75) is 30.7 Å². The number of sulfone groups is 1. The number of aromatic nitrogens is 4. The van der Waals surface area contributed by atoms with Crippen molar-refractivity contribution < 1.29 is 8.42 Å². The number of tetrazole rings is 1. The van der Waals surface area contributed by atoms with E-state index in [1.54, 1.807) is 28.9 Å². The number of anilines is 1. The number of hydrogen-bond acceptors (Lipinski definition) is 6. The SMILES string of the molecule is CS(=O)(=O)c1ccc(-n2nnnc2CN(CC2CCC2)c2ccccc2)cc1. The van der Waals surface area contributed by atoms with Gasteiger partial charge in [0.2, 0.25) is 0 Å². The molecule has 1 fully saturated rings. The lowest BCUT2D eigenvalue weighted by atomic mass is 9.85. The Morgan fingerprint density at radius 1 is 1.07 bits per heavy atom. The smallest absolute Gasteiger partial charge is 0.175 e. The first kappa shape index (κ1) is 18.6. The van der Waals surface area contributed by atoms with Gasteiger partial charge in [-0.1, -0.05) is 24.6 Å². The molecule has 0 radical (unpaired) electrons. The maximum absolute atomic E-state index is 11.7. The van der Waals surface area contributed by atoms with Crippen LogP contribution in [0.4, 0.5) is 5.69 Å². The highest BCUT2D eigenvalue weighted by atomic mass is 32.2. The monoisotopic (exact) mass is 397 g/mol. The molecule has 0 saturated heterocycles. The van der Waals surface area contributed by atoms with Crippen LogP contribution in [0.2, 0.25) is 0 Å². The van der Waals surface area contributed by atoms with Crippen molar-refractivity contribution in [2.24, 2.45) is 5.92 Å². The predicted molar refractivity (Wildman–Crippen MR) is 107 cm³/mol. The van der Waals surface area contributed by atoms with Crippen molar-refractivity contribution in [3.63, 3.8) is 0 Å². The first-order chi connectivity index (χ1) is 13.5. The molecule has 0 N–H and O–H groups in total. The Labute approximate surface area is 164 Å². The molecule has 0 amide bonds. The Morgan fingerprint density at radius 3 is 2.39 bits per heavy atom. The van der Waals surface area contributed by atoms with Crippen LogP contribution in [0.3, 0.4) is 0 Å². The van der Waals surface area contributed by atoms with Crippen molar-refractivity contribution in [1.29, 1.82) is 0 Å². The normalized spacial score (nSPS) is 14.6. The van der Waals surface area contributed by atoms with Crippen LogP contribution in [-0.4, -0.2) is 41.4 Å². The largest absolute Gasteiger partial charge is 0.364 e. The highest BCUT2D eigenvalue weighted by molar-refractivity contribution is 7.90. The topological polar surface area (TPSA) is 81.0 Å². The van der Waals surface area contributed by atoms with E-state index in [0.717, 1.165) is 23.7 Å². The first-order valence-corrected chi connectivity index (χ1v) is 11.3. The van der Waals surface area contributed by atoms with E-state index in [4.69, 9.17) is 0 Å². The van der Waals surface area contributed by atoms with Crippen LogP contribution in [0.25, 0.3) is 5.69 Å². The van der Waals surface area contributed by atoms with Gasteiger partial charge in [0.25, 0.3) is 0 Å². The third-order valence-corrected chi connectivity index (χ3v) is 6.33. The van der Waals surface area contributed by atoms with E-state index in [1.807, 2.05) is 18.2 Å². The number of para-hydroxylation sites is 1. The van der Waals surface area contributed by atoms with Gasteiger partial charge in [0.05, 0.1) is 17.1 Å². The van der Waals surface area contributed by atoms with E-state index < -0.39 is 9.84 Å². The zero-order valence-electron chi connectivity index (χ0n) is 15.8.